The van der Waals surface area contributed by atoms with Gasteiger partial charge in [-0.15, -0.1) is 0 Å². The molecule has 4 heterocycles. The first kappa shape index (κ1) is 13.0. The number of hydrogen-bond donors (Lipinski definition) is 1. The van der Waals surface area contributed by atoms with Gasteiger partial charge >= 0.3 is 0 Å². The van der Waals surface area contributed by atoms with Gasteiger partial charge in [-0.05, 0) is 37.3 Å². The van der Waals surface area contributed by atoms with Crippen LogP contribution in [0.4, 0.5) is 5.69 Å². The van der Waals surface area contributed by atoms with Crippen molar-refractivity contribution < 1.29 is 0 Å². The Morgan fingerprint density at radius 1 is 1.18 bits per heavy atom. The Morgan fingerprint density at radius 2 is 2.14 bits per heavy atom. The van der Waals surface area contributed by atoms with E-state index in [0.717, 1.165) is 28.5 Å². The Bertz CT molecular complexity index is 817. The number of fused-ring (bicyclic) bond motifs is 1. The molecule has 4 nitrogen and oxygen atoms in total. The van der Waals surface area contributed by atoms with Crippen molar-refractivity contribution in [3.63, 3.8) is 0 Å². The maximum Gasteiger partial charge on any atom is 0.0888 e. The Kier molecular flexibility index (Phi) is 3.07. The van der Waals surface area contributed by atoms with Crippen molar-refractivity contribution in [1.29, 1.82) is 0 Å². The number of aromatic nitrogens is 2. The maximum atomic E-state index is 4.63. The molecule has 4 rings (SSSR count). The second-order valence-electron chi connectivity index (χ2n) is 5.43. The second-order valence-corrected chi connectivity index (χ2v) is 5.43. The number of anilines is 1. The van der Waals surface area contributed by atoms with Gasteiger partial charge < -0.3 is 5.32 Å². The molecule has 1 atom stereocenters. The summed E-state index contributed by atoms with van der Waals surface area (Å²) in [6, 6.07) is 10.2. The predicted octanol–water partition coefficient (Wildman–Crippen LogP) is 3.02. The van der Waals surface area contributed by atoms with Crippen molar-refractivity contribution in [1.82, 2.24) is 9.97 Å². The van der Waals surface area contributed by atoms with Gasteiger partial charge in [-0.1, -0.05) is 18.2 Å². The molecule has 0 fully saturated rings. The molecule has 0 saturated carbocycles. The molecule has 2 aliphatic heterocycles. The number of aryl methyl sites for hydroxylation is 1. The fourth-order valence-corrected chi connectivity index (χ4v) is 2.86. The standard InChI is InChI=1S/C18H16N4/c1-12-4-2-5-17(21-12)18-13(9-11-20-18)14-7-8-15-16(22-14)6-3-10-19-15/h2-10,14,22H,11H2,1H3. The minimum Gasteiger partial charge on any atom is -0.373 e. The lowest BCUT2D eigenvalue weighted by Crippen LogP contribution is -2.27. The van der Waals surface area contributed by atoms with E-state index in [1.165, 1.54) is 5.57 Å². The summed E-state index contributed by atoms with van der Waals surface area (Å²) in [6.07, 6.45) is 8.18. The fraction of sp³-hybridized carbons (Fsp3) is 0.167. The minimum absolute atomic E-state index is 0.111. The normalized spacial score (nSPS) is 19.2. The number of nitrogens with one attached hydrogen (secondary N) is 1. The summed E-state index contributed by atoms with van der Waals surface area (Å²) in [5.74, 6) is 0. The lowest BCUT2D eigenvalue weighted by molar-refractivity contribution is 1.05. The zero-order chi connectivity index (χ0) is 14.9. The van der Waals surface area contributed by atoms with Crippen LogP contribution in [0.25, 0.3) is 6.08 Å². The smallest absolute Gasteiger partial charge is 0.0888 e. The van der Waals surface area contributed by atoms with Gasteiger partial charge in [0.05, 0.1) is 35.4 Å². The monoisotopic (exact) mass is 288 g/mol. The first-order valence-electron chi connectivity index (χ1n) is 7.40. The third-order valence-corrected chi connectivity index (χ3v) is 3.90. The van der Waals surface area contributed by atoms with E-state index in [9.17, 15) is 0 Å². The van der Waals surface area contributed by atoms with E-state index >= 15 is 0 Å². The summed E-state index contributed by atoms with van der Waals surface area (Å²) in [6.45, 7) is 2.72. The molecule has 0 spiro atoms. The van der Waals surface area contributed by atoms with Crippen LogP contribution in [0.2, 0.25) is 0 Å². The van der Waals surface area contributed by atoms with Crippen LogP contribution in [-0.4, -0.2) is 28.3 Å². The average molecular weight is 288 g/mol. The van der Waals surface area contributed by atoms with E-state index in [0.29, 0.717) is 6.54 Å². The second kappa shape index (κ2) is 5.22. The van der Waals surface area contributed by atoms with Crippen LogP contribution in [0.5, 0.6) is 0 Å². The SMILES string of the molecule is Cc1cccc(C2=NCC=C2C2C=Cc3ncccc3N2)n1. The van der Waals surface area contributed by atoms with Crippen LogP contribution in [0.1, 0.15) is 17.1 Å². The molecular weight excluding hydrogens is 272 g/mol. The molecule has 22 heavy (non-hydrogen) atoms. The molecule has 1 N–H and O–H groups in total. The van der Waals surface area contributed by atoms with E-state index in [4.69, 9.17) is 0 Å². The largest absolute Gasteiger partial charge is 0.373 e. The molecule has 4 heteroatoms. The summed E-state index contributed by atoms with van der Waals surface area (Å²) < 4.78 is 0. The van der Waals surface area contributed by atoms with Gasteiger partial charge in [0, 0.05) is 17.5 Å². The van der Waals surface area contributed by atoms with E-state index < -0.39 is 0 Å². The highest BCUT2D eigenvalue weighted by atomic mass is 15.0. The van der Waals surface area contributed by atoms with Crippen molar-refractivity contribution in [3.05, 3.63) is 71.3 Å². The van der Waals surface area contributed by atoms with Crippen LogP contribution in [0, 0.1) is 6.92 Å². The van der Waals surface area contributed by atoms with Crippen LogP contribution < -0.4 is 5.32 Å². The van der Waals surface area contributed by atoms with Gasteiger partial charge in [0.1, 0.15) is 0 Å². The molecule has 2 aromatic heterocycles. The summed E-state index contributed by atoms with van der Waals surface area (Å²) in [7, 11) is 0. The van der Waals surface area contributed by atoms with Gasteiger partial charge in [-0.25, -0.2) is 0 Å². The molecule has 0 aromatic carbocycles. The Hall–Kier alpha value is -2.75. The van der Waals surface area contributed by atoms with Gasteiger partial charge in [-0.3, -0.25) is 15.0 Å². The van der Waals surface area contributed by atoms with Crippen LogP contribution in [0.15, 0.2) is 59.2 Å². The van der Waals surface area contributed by atoms with E-state index in [1.54, 1.807) is 0 Å². The summed E-state index contributed by atoms with van der Waals surface area (Å²) >= 11 is 0. The molecular formula is C18H16N4. The number of hydrogen-bond acceptors (Lipinski definition) is 4. The summed E-state index contributed by atoms with van der Waals surface area (Å²) in [5.41, 5.74) is 6.15. The highest BCUT2D eigenvalue weighted by molar-refractivity contribution is 6.14. The number of rotatable bonds is 2. The van der Waals surface area contributed by atoms with Crippen molar-refractivity contribution in [2.24, 2.45) is 4.99 Å². The van der Waals surface area contributed by atoms with Crippen LogP contribution in [0.3, 0.4) is 0 Å². The molecule has 2 aromatic rings. The minimum atomic E-state index is 0.111. The number of aliphatic imine (C=N–C) groups is 1. The van der Waals surface area contributed by atoms with Crippen LogP contribution >= 0.6 is 0 Å². The van der Waals surface area contributed by atoms with Crippen molar-refractivity contribution in [3.8, 4) is 0 Å². The Labute approximate surface area is 129 Å². The van der Waals surface area contributed by atoms with Gasteiger partial charge in [0.15, 0.2) is 0 Å². The van der Waals surface area contributed by atoms with Crippen molar-refractivity contribution >= 4 is 17.5 Å². The van der Waals surface area contributed by atoms with Gasteiger partial charge in [0.2, 0.25) is 0 Å². The van der Waals surface area contributed by atoms with Gasteiger partial charge in [0.25, 0.3) is 0 Å². The van der Waals surface area contributed by atoms with Crippen molar-refractivity contribution in [2.75, 3.05) is 11.9 Å². The van der Waals surface area contributed by atoms with Crippen molar-refractivity contribution in [2.45, 2.75) is 13.0 Å². The lowest BCUT2D eigenvalue weighted by atomic mass is 9.97. The fourth-order valence-electron chi connectivity index (χ4n) is 2.86. The molecule has 0 aliphatic carbocycles. The zero-order valence-electron chi connectivity index (χ0n) is 12.3. The first-order chi connectivity index (χ1) is 10.8. The summed E-state index contributed by atoms with van der Waals surface area (Å²) in [4.78, 5) is 13.6. The van der Waals surface area contributed by atoms with E-state index in [-0.39, 0.29) is 6.04 Å². The average Bonchev–Trinajstić information content (AvgIpc) is 3.04. The van der Waals surface area contributed by atoms with E-state index in [2.05, 4.69) is 44.6 Å². The number of pyridine rings is 2. The Balaban J connectivity index is 1.66. The van der Waals surface area contributed by atoms with Gasteiger partial charge in [-0.2, -0.15) is 0 Å². The Morgan fingerprint density at radius 3 is 3.05 bits per heavy atom. The quantitative estimate of drug-likeness (QED) is 0.924. The first-order valence-corrected chi connectivity index (χ1v) is 7.40. The molecule has 0 amide bonds. The maximum absolute atomic E-state index is 4.63. The molecule has 0 radical (unpaired) electrons. The molecule has 1 unspecified atom stereocenters. The molecule has 0 bridgehead atoms. The third-order valence-electron chi connectivity index (χ3n) is 3.90. The molecule has 2 aliphatic rings. The zero-order valence-corrected chi connectivity index (χ0v) is 12.3. The highest BCUT2D eigenvalue weighted by Gasteiger charge is 2.24. The topological polar surface area (TPSA) is 50.2 Å². The molecule has 108 valence electrons. The lowest BCUT2D eigenvalue weighted by Gasteiger charge is -2.23. The van der Waals surface area contributed by atoms with Crippen LogP contribution in [-0.2, 0) is 0 Å². The predicted molar refractivity (Wildman–Crippen MR) is 89.1 cm³/mol. The number of nitrogens with zero attached hydrogens (tertiary/aromatic N) is 3. The summed E-state index contributed by atoms with van der Waals surface area (Å²) in [5, 5.41) is 3.53. The molecule has 0 saturated heterocycles. The van der Waals surface area contributed by atoms with E-state index in [1.807, 2.05) is 37.4 Å². The highest BCUT2D eigenvalue weighted by Crippen LogP contribution is 2.26. The third kappa shape index (κ3) is 2.22.